The van der Waals surface area contributed by atoms with Crippen LogP contribution in [0.2, 0.25) is 5.02 Å². The van der Waals surface area contributed by atoms with Crippen molar-refractivity contribution in [3.05, 3.63) is 28.8 Å². The molecule has 1 aromatic rings. The smallest absolute Gasteiger partial charge is 0.258 e. The van der Waals surface area contributed by atoms with Crippen molar-refractivity contribution < 1.29 is 14.7 Å². The SMILES string of the molecule is CCNC(=O)[C@@H]1C[C@@H](N)CN1C(=O)c1ccc(Cl)cc1O. The number of hydrogen-bond acceptors (Lipinski definition) is 4. The highest BCUT2D eigenvalue weighted by Gasteiger charge is 2.38. The van der Waals surface area contributed by atoms with Crippen molar-refractivity contribution in [2.45, 2.75) is 25.4 Å². The topological polar surface area (TPSA) is 95.7 Å². The molecule has 4 N–H and O–H groups in total. The quantitative estimate of drug-likeness (QED) is 0.766. The monoisotopic (exact) mass is 311 g/mol. The van der Waals surface area contributed by atoms with Gasteiger partial charge in [-0.25, -0.2) is 0 Å². The fourth-order valence-corrected chi connectivity index (χ4v) is 2.64. The van der Waals surface area contributed by atoms with Crippen LogP contribution in [0.4, 0.5) is 0 Å². The third-order valence-electron chi connectivity index (χ3n) is 3.44. The van der Waals surface area contributed by atoms with Gasteiger partial charge in [-0.3, -0.25) is 9.59 Å². The molecule has 114 valence electrons. The van der Waals surface area contributed by atoms with E-state index in [1.54, 1.807) is 0 Å². The third kappa shape index (κ3) is 3.28. The zero-order valence-electron chi connectivity index (χ0n) is 11.7. The summed E-state index contributed by atoms with van der Waals surface area (Å²) in [6.07, 6.45) is 0.409. The number of carbonyl (C=O) groups excluding carboxylic acids is 2. The molecular weight excluding hydrogens is 294 g/mol. The van der Waals surface area contributed by atoms with Gasteiger partial charge in [0, 0.05) is 24.2 Å². The number of amides is 2. The van der Waals surface area contributed by atoms with E-state index in [4.69, 9.17) is 17.3 Å². The number of rotatable bonds is 3. The Morgan fingerprint density at radius 1 is 1.52 bits per heavy atom. The molecule has 1 aromatic carbocycles. The number of likely N-dealkylation sites (N-methyl/N-ethyl adjacent to an activating group) is 1. The molecule has 0 unspecified atom stereocenters. The molecular formula is C14H18ClN3O3. The minimum absolute atomic E-state index is 0.114. The molecule has 7 heteroatoms. The summed E-state index contributed by atoms with van der Waals surface area (Å²) < 4.78 is 0. The first-order chi connectivity index (χ1) is 9.93. The van der Waals surface area contributed by atoms with Gasteiger partial charge in [0.25, 0.3) is 5.91 Å². The van der Waals surface area contributed by atoms with Crippen LogP contribution in [0, 0.1) is 0 Å². The maximum atomic E-state index is 12.5. The summed E-state index contributed by atoms with van der Waals surface area (Å²) in [5.74, 6) is -0.858. The molecule has 1 aliphatic rings. The van der Waals surface area contributed by atoms with Crippen LogP contribution in [0.25, 0.3) is 0 Å². The van der Waals surface area contributed by atoms with Crippen molar-refractivity contribution in [3.8, 4) is 5.75 Å². The molecule has 2 rings (SSSR count). The number of nitrogens with zero attached hydrogens (tertiary/aromatic N) is 1. The number of likely N-dealkylation sites (tertiary alicyclic amines) is 1. The van der Waals surface area contributed by atoms with E-state index in [1.807, 2.05) is 6.92 Å². The van der Waals surface area contributed by atoms with E-state index in [1.165, 1.54) is 23.1 Å². The highest BCUT2D eigenvalue weighted by molar-refractivity contribution is 6.30. The van der Waals surface area contributed by atoms with Crippen LogP contribution in [0.5, 0.6) is 5.75 Å². The van der Waals surface area contributed by atoms with E-state index in [0.717, 1.165) is 0 Å². The predicted molar refractivity (Wildman–Crippen MR) is 79.2 cm³/mol. The molecule has 0 radical (unpaired) electrons. The third-order valence-corrected chi connectivity index (χ3v) is 3.67. The normalized spacial score (nSPS) is 21.4. The molecule has 1 aliphatic heterocycles. The van der Waals surface area contributed by atoms with E-state index in [-0.39, 0.29) is 29.8 Å². The first kappa shape index (κ1) is 15.6. The average Bonchev–Trinajstić information content (AvgIpc) is 2.80. The van der Waals surface area contributed by atoms with E-state index >= 15 is 0 Å². The minimum Gasteiger partial charge on any atom is -0.507 e. The lowest BCUT2D eigenvalue weighted by molar-refractivity contribution is -0.124. The van der Waals surface area contributed by atoms with Crippen LogP contribution >= 0.6 is 11.6 Å². The van der Waals surface area contributed by atoms with Crippen molar-refractivity contribution in [1.29, 1.82) is 0 Å². The van der Waals surface area contributed by atoms with Crippen molar-refractivity contribution in [2.24, 2.45) is 5.73 Å². The van der Waals surface area contributed by atoms with Crippen LogP contribution in [0.15, 0.2) is 18.2 Å². The number of aromatic hydroxyl groups is 1. The van der Waals surface area contributed by atoms with E-state index in [9.17, 15) is 14.7 Å². The van der Waals surface area contributed by atoms with Crippen LogP contribution in [-0.4, -0.2) is 47.0 Å². The van der Waals surface area contributed by atoms with Crippen LogP contribution in [0.1, 0.15) is 23.7 Å². The Labute approximate surface area is 127 Å². The Morgan fingerprint density at radius 2 is 2.24 bits per heavy atom. The molecule has 0 aliphatic carbocycles. The number of phenolic OH excluding ortho intramolecular Hbond substituents is 1. The zero-order chi connectivity index (χ0) is 15.6. The second-order valence-corrected chi connectivity index (χ2v) is 5.46. The Balaban J connectivity index is 2.25. The first-order valence-corrected chi connectivity index (χ1v) is 7.14. The summed E-state index contributed by atoms with van der Waals surface area (Å²) >= 11 is 5.76. The molecule has 1 fully saturated rings. The van der Waals surface area contributed by atoms with E-state index in [0.29, 0.717) is 18.0 Å². The molecule has 1 heterocycles. The molecule has 2 atom stereocenters. The molecule has 21 heavy (non-hydrogen) atoms. The molecule has 1 saturated heterocycles. The fraction of sp³-hybridized carbons (Fsp3) is 0.429. The predicted octanol–water partition coefficient (Wildman–Crippen LogP) is 0.724. The zero-order valence-corrected chi connectivity index (χ0v) is 12.4. The van der Waals surface area contributed by atoms with Gasteiger partial charge in [-0.15, -0.1) is 0 Å². The van der Waals surface area contributed by atoms with Crippen LogP contribution in [-0.2, 0) is 4.79 Å². The van der Waals surface area contributed by atoms with Crippen molar-refractivity contribution >= 4 is 23.4 Å². The van der Waals surface area contributed by atoms with Gasteiger partial charge < -0.3 is 21.1 Å². The fourth-order valence-electron chi connectivity index (χ4n) is 2.47. The van der Waals surface area contributed by atoms with Gasteiger partial charge in [0.1, 0.15) is 11.8 Å². The Morgan fingerprint density at radius 3 is 2.86 bits per heavy atom. The van der Waals surface area contributed by atoms with Crippen LogP contribution in [0.3, 0.4) is 0 Å². The summed E-state index contributed by atoms with van der Waals surface area (Å²) in [4.78, 5) is 26.0. The maximum Gasteiger partial charge on any atom is 0.258 e. The van der Waals surface area contributed by atoms with Crippen molar-refractivity contribution in [2.75, 3.05) is 13.1 Å². The van der Waals surface area contributed by atoms with Crippen molar-refractivity contribution in [1.82, 2.24) is 10.2 Å². The lowest BCUT2D eigenvalue weighted by Crippen LogP contribution is -2.45. The van der Waals surface area contributed by atoms with Crippen LogP contribution < -0.4 is 11.1 Å². The minimum atomic E-state index is -0.609. The number of carbonyl (C=O) groups is 2. The standard InChI is InChI=1S/C14H18ClN3O3/c1-2-17-13(20)11-6-9(16)7-18(11)14(21)10-4-3-8(15)5-12(10)19/h3-5,9,11,19H,2,6-7,16H2,1H3,(H,17,20)/t9-,11+/m1/s1. The number of nitrogens with one attached hydrogen (secondary N) is 1. The van der Waals surface area contributed by atoms with Gasteiger partial charge in [-0.1, -0.05) is 11.6 Å². The highest BCUT2D eigenvalue weighted by Crippen LogP contribution is 2.26. The second-order valence-electron chi connectivity index (χ2n) is 5.03. The summed E-state index contributed by atoms with van der Waals surface area (Å²) in [7, 11) is 0. The summed E-state index contributed by atoms with van der Waals surface area (Å²) in [5.41, 5.74) is 5.98. The van der Waals surface area contributed by atoms with E-state index in [2.05, 4.69) is 5.32 Å². The first-order valence-electron chi connectivity index (χ1n) is 6.76. The average molecular weight is 312 g/mol. The molecule has 0 aromatic heterocycles. The molecule has 2 amide bonds. The Bertz CT molecular complexity index is 564. The highest BCUT2D eigenvalue weighted by atomic mass is 35.5. The largest absolute Gasteiger partial charge is 0.507 e. The number of halogens is 1. The second kappa shape index (κ2) is 6.32. The van der Waals surface area contributed by atoms with Gasteiger partial charge in [0.2, 0.25) is 5.91 Å². The lowest BCUT2D eigenvalue weighted by atomic mass is 10.1. The molecule has 0 spiro atoms. The Kier molecular flexibility index (Phi) is 4.69. The Hall–Kier alpha value is -1.79. The summed E-state index contributed by atoms with van der Waals surface area (Å²) in [6.45, 7) is 2.57. The van der Waals surface area contributed by atoms with Gasteiger partial charge in [0.15, 0.2) is 0 Å². The molecule has 0 saturated carbocycles. The summed E-state index contributed by atoms with van der Waals surface area (Å²) in [5, 5.41) is 12.9. The van der Waals surface area contributed by atoms with Crippen molar-refractivity contribution in [3.63, 3.8) is 0 Å². The van der Waals surface area contributed by atoms with E-state index < -0.39 is 11.9 Å². The van der Waals surface area contributed by atoms with Gasteiger partial charge >= 0.3 is 0 Å². The lowest BCUT2D eigenvalue weighted by Gasteiger charge is -2.24. The number of nitrogens with two attached hydrogens (primary N) is 1. The maximum absolute atomic E-state index is 12.5. The van der Waals surface area contributed by atoms with Gasteiger partial charge in [-0.05, 0) is 31.5 Å². The number of hydrogen-bond donors (Lipinski definition) is 3. The number of phenols is 1. The number of benzene rings is 1. The van der Waals surface area contributed by atoms with Gasteiger partial charge in [0.05, 0.1) is 5.56 Å². The molecule has 6 nitrogen and oxygen atoms in total. The summed E-state index contributed by atoms with van der Waals surface area (Å²) in [6, 6.07) is 3.40. The van der Waals surface area contributed by atoms with Gasteiger partial charge in [-0.2, -0.15) is 0 Å². The molecule has 0 bridgehead atoms.